The van der Waals surface area contributed by atoms with Gasteiger partial charge in [0.25, 0.3) is 0 Å². The Kier molecular flexibility index (Phi) is 4.42. The number of ketones is 1. The highest BCUT2D eigenvalue weighted by Gasteiger charge is 2.40. The molecule has 0 saturated carbocycles. The normalized spacial score (nSPS) is 18.8. The van der Waals surface area contributed by atoms with Gasteiger partial charge in [0.1, 0.15) is 0 Å². The number of ether oxygens (including phenoxy) is 2. The first-order chi connectivity index (χ1) is 6.63. The summed E-state index contributed by atoms with van der Waals surface area (Å²) in [6.45, 7) is 5.36. The molecule has 0 rings (SSSR count). The van der Waals surface area contributed by atoms with Crippen molar-refractivity contribution in [3.8, 4) is 0 Å². The average Bonchev–Trinajstić information content (AvgIpc) is 2.01. The molecule has 0 heterocycles. The van der Waals surface area contributed by atoms with Crippen LogP contribution in [-0.4, -0.2) is 35.4 Å². The van der Waals surface area contributed by atoms with Crippen LogP contribution < -0.4 is 0 Å². The molecule has 1 N–H and O–H groups in total. The monoisotopic (exact) mass is 218 g/mol. The third-order valence-corrected chi connectivity index (χ3v) is 2.22. The third kappa shape index (κ3) is 4.40. The lowest BCUT2D eigenvalue weighted by Gasteiger charge is -2.33. The molecule has 0 spiro atoms. The molecule has 0 radical (unpaired) electrons. The molecule has 0 aliphatic carbocycles. The fraction of sp³-hybridized carbons (Fsp3) is 0.800. The Labute approximate surface area is 89.4 Å². The van der Waals surface area contributed by atoms with Crippen molar-refractivity contribution in [1.29, 1.82) is 0 Å². The fourth-order valence-electron chi connectivity index (χ4n) is 1.25. The van der Waals surface area contributed by atoms with Gasteiger partial charge in [-0.25, -0.2) is 0 Å². The molecule has 15 heavy (non-hydrogen) atoms. The Morgan fingerprint density at radius 3 is 2.00 bits per heavy atom. The second-order valence-corrected chi connectivity index (χ2v) is 3.94. The molecule has 0 fully saturated rings. The van der Waals surface area contributed by atoms with Crippen molar-refractivity contribution in [2.45, 2.75) is 45.5 Å². The summed E-state index contributed by atoms with van der Waals surface area (Å²) in [7, 11) is 1.31. The summed E-state index contributed by atoms with van der Waals surface area (Å²) >= 11 is 0. The minimum absolute atomic E-state index is 0.106. The minimum atomic E-state index is -1.50. The summed E-state index contributed by atoms with van der Waals surface area (Å²) in [6.07, 6.45) is -0.106. The molecule has 5 heteroatoms. The van der Waals surface area contributed by atoms with Gasteiger partial charge in [-0.15, -0.1) is 0 Å². The molecule has 5 nitrogen and oxygen atoms in total. The Morgan fingerprint density at radius 1 is 1.27 bits per heavy atom. The lowest BCUT2D eigenvalue weighted by molar-refractivity contribution is -0.210. The van der Waals surface area contributed by atoms with Crippen LogP contribution in [-0.2, 0) is 19.1 Å². The highest BCUT2D eigenvalue weighted by molar-refractivity contribution is 5.87. The van der Waals surface area contributed by atoms with Crippen LogP contribution in [0.15, 0.2) is 0 Å². The topological polar surface area (TPSA) is 72.8 Å². The molecule has 0 saturated heterocycles. The van der Waals surface area contributed by atoms with Gasteiger partial charge in [-0.1, -0.05) is 0 Å². The van der Waals surface area contributed by atoms with Crippen molar-refractivity contribution < 1.29 is 24.2 Å². The molecule has 0 aromatic rings. The van der Waals surface area contributed by atoms with Crippen molar-refractivity contribution >= 4 is 11.8 Å². The number of methoxy groups -OCH3 is 1. The average molecular weight is 218 g/mol. The molecular formula is C10H18O5. The van der Waals surface area contributed by atoms with E-state index in [0.717, 1.165) is 0 Å². The molecule has 0 aliphatic rings. The standard InChI is InChI=1S/C10H18O5/c1-7(11)9(3,15-8(2)12)6-10(4,13)14-5/h13H,6H2,1-5H3. The second kappa shape index (κ2) is 4.72. The number of rotatable bonds is 5. The molecule has 0 bridgehead atoms. The van der Waals surface area contributed by atoms with Crippen LogP contribution in [0.4, 0.5) is 0 Å². The van der Waals surface area contributed by atoms with Gasteiger partial charge in [0.2, 0.25) is 0 Å². The van der Waals surface area contributed by atoms with Gasteiger partial charge >= 0.3 is 5.97 Å². The van der Waals surface area contributed by atoms with Crippen LogP contribution in [0, 0.1) is 0 Å². The van der Waals surface area contributed by atoms with Crippen LogP contribution in [0.3, 0.4) is 0 Å². The zero-order chi connectivity index (χ0) is 12.3. The SMILES string of the molecule is COC(C)(O)CC(C)(OC(C)=O)C(C)=O. The molecule has 0 aromatic heterocycles. The van der Waals surface area contributed by atoms with Gasteiger partial charge in [-0.2, -0.15) is 0 Å². The van der Waals surface area contributed by atoms with E-state index in [1.807, 2.05) is 0 Å². The van der Waals surface area contributed by atoms with E-state index in [-0.39, 0.29) is 12.2 Å². The Hall–Kier alpha value is -0.940. The fourth-order valence-corrected chi connectivity index (χ4v) is 1.25. The minimum Gasteiger partial charge on any atom is -0.451 e. The van der Waals surface area contributed by atoms with E-state index in [0.29, 0.717) is 0 Å². The molecule has 2 atom stereocenters. The van der Waals surface area contributed by atoms with Gasteiger partial charge in [0.05, 0.1) is 0 Å². The van der Waals surface area contributed by atoms with E-state index in [2.05, 4.69) is 0 Å². The first kappa shape index (κ1) is 14.1. The maximum atomic E-state index is 11.4. The van der Waals surface area contributed by atoms with Crippen molar-refractivity contribution in [2.75, 3.05) is 7.11 Å². The summed E-state index contributed by atoms with van der Waals surface area (Å²) in [5.41, 5.74) is -1.36. The second-order valence-electron chi connectivity index (χ2n) is 3.94. The number of carbonyl (C=O) groups excluding carboxylic acids is 2. The van der Waals surface area contributed by atoms with E-state index in [4.69, 9.17) is 9.47 Å². The summed E-state index contributed by atoms with van der Waals surface area (Å²) < 4.78 is 9.69. The van der Waals surface area contributed by atoms with Gasteiger partial charge in [-0.3, -0.25) is 9.59 Å². The van der Waals surface area contributed by atoms with E-state index in [1.54, 1.807) is 0 Å². The number of esters is 1. The van der Waals surface area contributed by atoms with E-state index >= 15 is 0 Å². The lowest BCUT2D eigenvalue weighted by atomic mass is 9.92. The Morgan fingerprint density at radius 2 is 1.73 bits per heavy atom. The van der Waals surface area contributed by atoms with Crippen LogP contribution in [0.1, 0.15) is 34.1 Å². The largest absolute Gasteiger partial charge is 0.451 e. The van der Waals surface area contributed by atoms with Crippen molar-refractivity contribution in [2.24, 2.45) is 0 Å². The van der Waals surface area contributed by atoms with Gasteiger partial charge in [0.15, 0.2) is 17.2 Å². The molecule has 0 aliphatic heterocycles. The zero-order valence-corrected chi connectivity index (χ0v) is 9.79. The maximum Gasteiger partial charge on any atom is 0.303 e. The van der Waals surface area contributed by atoms with Crippen LogP contribution in [0.2, 0.25) is 0 Å². The molecule has 0 aromatic carbocycles. The molecule has 2 unspecified atom stereocenters. The highest BCUT2D eigenvalue weighted by Crippen LogP contribution is 2.25. The predicted molar refractivity (Wildman–Crippen MR) is 53.1 cm³/mol. The van der Waals surface area contributed by atoms with E-state index in [1.165, 1.54) is 34.8 Å². The summed E-state index contributed by atoms with van der Waals surface area (Å²) in [4.78, 5) is 22.2. The van der Waals surface area contributed by atoms with Crippen molar-refractivity contribution in [1.82, 2.24) is 0 Å². The zero-order valence-electron chi connectivity index (χ0n) is 9.79. The molecule has 0 amide bonds. The number of aliphatic hydroxyl groups is 1. The number of hydrogen-bond donors (Lipinski definition) is 1. The van der Waals surface area contributed by atoms with Crippen molar-refractivity contribution in [3.05, 3.63) is 0 Å². The first-order valence-electron chi connectivity index (χ1n) is 4.61. The van der Waals surface area contributed by atoms with Crippen molar-refractivity contribution in [3.63, 3.8) is 0 Å². The number of carbonyl (C=O) groups is 2. The Balaban J connectivity index is 4.81. The molecular weight excluding hydrogens is 200 g/mol. The quantitative estimate of drug-likeness (QED) is 0.541. The van der Waals surface area contributed by atoms with Gasteiger partial charge in [-0.05, 0) is 20.8 Å². The number of hydrogen-bond acceptors (Lipinski definition) is 5. The third-order valence-electron chi connectivity index (χ3n) is 2.22. The van der Waals surface area contributed by atoms with Crippen LogP contribution >= 0.6 is 0 Å². The summed E-state index contributed by atoms with van der Waals surface area (Å²) in [5, 5.41) is 9.65. The lowest BCUT2D eigenvalue weighted by Crippen LogP contribution is -2.46. The van der Waals surface area contributed by atoms with Gasteiger partial charge in [0, 0.05) is 20.5 Å². The molecule has 88 valence electrons. The maximum absolute atomic E-state index is 11.4. The smallest absolute Gasteiger partial charge is 0.303 e. The predicted octanol–water partition coefficient (Wildman–Crippen LogP) is 0.642. The summed E-state index contributed by atoms with van der Waals surface area (Å²) in [6, 6.07) is 0. The van der Waals surface area contributed by atoms with E-state index in [9.17, 15) is 14.7 Å². The first-order valence-corrected chi connectivity index (χ1v) is 4.61. The number of Topliss-reactive ketones (excluding diaryl/α,β-unsaturated/α-hetero) is 1. The highest BCUT2D eigenvalue weighted by atomic mass is 16.6. The summed E-state index contributed by atoms with van der Waals surface area (Å²) in [5.74, 6) is -2.41. The van der Waals surface area contributed by atoms with Crippen LogP contribution in [0.5, 0.6) is 0 Å². The van der Waals surface area contributed by atoms with Gasteiger partial charge < -0.3 is 14.6 Å². The van der Waals surface area contributed by atoms with E-state index < -0.39 is 17.4 Å². The Bertz CT molecular complexity index is 259. The van der Waals surface area contributed by atoms with Crippen LogP contribution in [0.25, 0.3) is 0 Å².